The van der Waals surface area contributed by atoms with Crippen molar-refractivity contribution in [3.8, 4) is 0 Å². The molecule has 0 aliphatic carbocycles. The molecule has 2 rings (SSSR count). The topological polar surface area (TPSA) is 98.7 Å². The van der Waals surface area contributed by atoms with Crippen LogP contribution in [0.5, 0.6) is 0 Å². The molecular weight excluding hydrogens is 274 g/mol. The molecule has 2 heterocycles. The van der Waals surface area contributed by atoms with Crippen LogP contribution in [0.25, 0.3) is 0 Å². The highest BCUT2D eigenvalue weighted by Gasteiger charge is 2.43. The maximum Gasteiger partial charge on any atom is 0.326 e. The van der Waals surface area contributed by atoms with E-state index in [-0.39, 0.29) is 29.8 Å². The number of amides is 3. The van der Waals surface area contributed by atoms with Gasteiger partial charge in [0.25, 0.3) is 0 Å². The van der Waals surface area contributed by atoms with Gasteiger partial charge >= 0.3 is 12.0 Å². The SMILES string of the molecule is CC[C@H](C)[C@H](NC(=O)N1CCCC2C(=O)NCC21)C(=O)O. The monoisotopic (exact) mass is 297 g/mol. The molecule has 0 aromatic rings. The van der Waals surface area contributed by atoms with Crippen LogP contribution in [-0.2, 0) is 9.59 Å². The van der Waals surface area contributed by atoms with Crippen LogP contribution in [0.1, 0.15) is 33.1 Å². The van der Waals surface area contributed by atoms with E-state index in [1.807, 2.05) is 6.92 Å². The van der Waals surface area contributed by atoms with E-state index in [2.05, 4.69) is 10.6 Å². The smallest absolute Gasteiger partial charge is 0.326 e. The van der Waals surface area contributed by atoms with E-state index in [1.54, 1.807) is 11.8 Å². The molecule has 0 spiro atoms. The molecule has 21 heavy (non-hydrogen) atoms. The summed E-state index contributed by atoms with van der Waals surface area (Å²) in [6.07, 6.45) is 2.22. The standard InChI is InChI=1S/C14H23N3O4/c1-3-8(2)11(13(19)20)16-14(21)17-6-4-5-9-10(17)7-15-12(9)18/h8-11H,3-7H2,1-2H3,(H,15,18)(H,16,21)(H,19,20)/t8-,9?,10?,11-/m0/s1. The molecule has 0 aromatic carbocycles. The molecule has 0 bridgehead atoms. The molecule has 0 radical (unpaired) electrons. The fourth-order valence-corrected chi connectivity index (χ4v) is 3.10. The number of carboxylic acids is 1. The van der Waals surface area contributed by atoms with Crippen molar-refractivity contribution < 1.29 is 19.5 Å². The quantitative estimate of drug-likeness (QED) is 0.699. The second-order valence-corrected chi connectivity index (χ2v) is 5.91. The zero-order chi connectivity index (χ0) is 15.6. The van der Waals surface area contributed by atoms with Gasteiger partial charge in [0.1, 0.15) is 6.04 Å². The third-order valence-electron chi connectivity index (χ3n) is 4.62. The summed E-state index contributed by atoms with van der Waals surface area (Å²) in [6.45, 7) is 4.72. The van der Waals surface area contributed by atoms with E-state index in [1.165, 1.54) is 0 Å². The Morgan fingerprint density at radius 1 is 1.52 bits per heavy atom. The van der Waals surface area contributed by atoms with Crippen LogP contribution in [0.2, 0.25) is 0 Å². The lowest BCUT2D eigenvalue weighted by molar-refractivity contribution is -0.140. The van der Waals surface area contributed by atoms with E-state index < -0.39 is 12.0 Å². The number of carboxylic acid groups (broad SMARTS) is 1. The minimum absolute atomic E-state index is 0.00536. The molecule has 0 saturated carbocycles. The Morgan fingerprint density at radius 2 is 2.24 bits per heavy atom. The zero-order valence-corrected chi connectivity index (χ0v) is 12.5. The number of nitrogens with zero attached hydrogens (tertiary/aromatic N) is 1. The first-order valence-corrected chi connectivity index (χ1v) is 7.53. The van der Waals surface area contributed by atoms with Crippen LogP contribution in [0.3, 0.4) is 0 Å². The molecule has 7 nitrogen and oxygen atoms in total. The average Bonchev–Trinajstić information content (AvgIpc) is 2.85. The first-order valence-electron chi connectivity index (χ1n) is 7.53. The van der Waals surface area contributed by atoms with Crippen LogP contribution >= 0.6 is 0 Å². The number of aliphatic carboxylic acids is 1. The van der Waals surface area contributed by atoms with E-state index in [9.17, 15) is 19.5 Å². The molecule has 4 atom stereocenters. The molecule has 2 unspecified atom stereocenters. The van der Waals surface area contributed by atoms with Gasteiger partial charge in [-0.15, -0.1) is 0 Å². The maximum absolute atomic E-state index is 12.4. The third-order valence-corrected chi connectivity index (χ3v) is 4.62. The number of piperidine rings is 1. The number of fused-ring (bicyclic) bond motifs is 1. The van der Waals surface area contributed by atoms with Crippen molar-refractivity contribution in [1.82, 2.24) is 15.5 Å². The van der Waals surface area contributed by atoms with Gasteiger partial charge < -0.3 is 20.6 Å². The lowest BCUT2D eigenvalue weighted by atomic mass is 9.91. The third kappa shape index (κ3) is 3.11. The van der Waals surface area contributed by atoms with Crippen LogP contribution < -0.4 is 10.6 Å². The van der Waals surface area contributed by atoms with Crippen molar-refractivity contribution in [2.75, 3.05) is 13.1 Å². The Balaban J connectivity index is 2.05. The highest BCUT2D eigenvalue weighted by molar-refractivity contribution is 5.86. The number of rotatable bonds is 4. The Morgan fingerprint density at radius 3 is 2.86 bits per heavy atom. The Hall–Kier alpha value is -1.79. The maximum atomic E-state index is 12.4. The van der Waals surface area contributed by atoms with Crippen LogP contribution in [0, 0.1) is 11.8 Å². The van der Waals surface area contributed by atoms with Gasteiger partial charge in [0.15, 0.2) is 0 Å². The largest absolute Gasteiger partial charge is 0.480 e. The normalized spacial score (nSPS) is 27.5. The van der Waals surface area contributed by atoms with Crippen molar-refractivity contribution >= 4 is 17.9 Å². The number of hydrogen-bond donors (Lipinski definition) is 3. The summed E-state index contributed by atoms with van der Waals surface area (Å²) < 4.78 is 0. The molecular formula is C14H23N3O4. The minimum atomic E-state index is -1.02. The minimum Gasteiger partial charge on any atom is -0.480 e. The van der Waals surface area contributed by atoms with Gasteiger partial charge in [-0.05, 0) is 18.8 Å². The first kappa shape index (κ1) is 15.6. The Kier molecular flexibility index (Phi) is 4.69. The fourth-order valence-electron chi connectivity index (χ4n) is 3.10. The summed E-state index contributed by atoms with van der Waals surface area (Å²) in [4.78, 5) is 37.0. The van der Waals surface area contributed by atoms with Gasteiger partial charge in [0.2, 0.25) is 5.91 Å². The lowest BCUT2D eigenvalue weighted by Gasteiger charge is -2.36. The van der Waals surface area contributed by atoms with E-state index in [4.69, 9.17) is 0 Å². The number of likely N-dealkylation sites (tertiary alicyclic amines) is 1. The van der Waals surface area contributed by atoms with Gasteiger partial charge in [-0.25, -0.2) is 9.59 Å². The predicted molar refractivity (Wildman–Crippen MR) is 75.6 cm³/mol. The number of carbonyl (C=O) groups excluding carboxylic acids is 2. The van der Waals surface area contributed by atoms with Gasteiger partial charge in [0, 0.05) is 13.1 Å². The van der Waals surface area contributed by atoms with Crippen molar-refractivity contribution in [2.24, 2.45) is 11.8 Å². The lowest BCUT2D eigenvalue weighted by Crippen LogP contribution is -2.56. The summed E-state index contributed by atoms with van der Waals surface area (Å²) >= 11 is 0. The zero-order valence-electron chi connectivity index (χ0n) is 12.5. The van der Waals surface area contributed by atoms with E-state index in [0.717, 1.165) is 12.8 Å². The molecule has 2 fully saturated rings. The van der Waals surface area contributed by atoms with Gasteiger partial charge in [-0.3, -0.25) is 4.79 Å². The number of urea groups is 1. The van der Waals surface area contributed by atoms with Crippen molar-refractivity contribution in [1.29, 1.82) is 0 Å². The Labute approximate surface area is 124 Å². The summed E-state index contributed by atoms with van der Waals surface area (Å²) in [5.74, 6) is -1.33. The summed E-state index contributed by atoms with van der Waals surface area (Å²) in [5, 5.41) is 14.6. The highest BCUT2D eigenvalue weighted by atomic mass is 16.4. The fraction of sp³-hybridized carbons (Fsp3) is 0.786. The Bertz CT molecular complexity index is 440. The summed E-state index contributed by atoms with van der Waals surface area (Å²) in [6, 6.07) is -1.43. The second-order valence-electron chi connectivity index (χ2n) is 5.91. The van der Waals surface area contributed by atoms with Crippen LogP contribution in [0.15, 0.2) is 0 Å². The van der Waals surface area contributed by atoms with E-state index in [0.29, 0.717) is 19.5 Å². The van der Waals surface area contributed by atoms with Crippen molar-refractivity contribution in [3.63, 3.8) is 0 Å². The van der Waals surface area contributed by atoms with Gasteiger partial charge in [0.05, 0.1) is 12.0 Å². The molecule has 3 amide bonds. The molecule has 118 valence electrons. The van der Waals surface area contributed by atoms with Crippen LogP contribution in [0.4, 0.5) is 4.79 Å². The molecule has 2 aliphatic rings. The van der Waals surface area contributed by atoms with Crippen LogP contribution in [-0.4, -0.2) is 53.1 Å². The van der Waals surface area contributed by atoms with Gasteiger partial charge in [-0.1, -0.05) is 20.3 Å². The highest BCUT2D eigenvalue weighted by Crippen LogP contribution is 2.27. The molecule has 2 saturated heterocycles. The molecule has 2 aliphatic heterocycles. The summed E-state index contributed by atoms with van der Waals surface area (Å²) in [5.41, 5.74) is 0. The van der Waals surface area contributed by atoms with E-state index >= 15 is 0 Å². The van der Waals surface area contributed by atoms with Gasteiger partial charge in [-0.2, -0.15) is 0 Å². The number of hydrogen-bond acceptors (Lipinski definition) is 3. The average molecular weight is 297 g/mol. The van der Waals surface area contributed by atoms with Crippen molar-refractivity contribution in [3.05, 3.63) is 0 Å². The number of nitrogens with one attached hydrogen (secondary N) is 2. The van der Waals surface area contributed by atoms with Crippen molar-refractivity contribution in [2.45, 2.75) is 45.2 Å². The molecule has 0 aromatic heterocycles. The predicted octanol–water partition coefficient (Wildman–Crippen LogP) is 0.406. The molecule has 3 N–H and O–H groups in total. The molecule has 7 heteroatoms. The number of carbonyl (C=O) groups is 3. The second kappa shape index (κ2) is 6.32. The first-order chi connectivity index (χ1) is 9.95. The summed E-state index contributed by atoms with van der Waals surface area (Å²) in [7, 11) is 0.